The zero-order valence-corrected chi connectivity index (χ0v) is 16.9. The minimum Gasteiger partial charge on any atom is -1.00 e. The van der Waals surface area contributed by atoms with Crippen molar-refractivity contribution in [3.8, 4) is 0 Å². The first-order chi connectivity index (χ1) is 17.9. The second-order valence-electron chi connectivity index (χ2n) is 6.22. The monoisotopic (exact) mass is 485 g/mol. The first-order valence-corrected chi connectivity index (χ1v) is 9.23. The number of morpholine rings is 1. The molecule has 8 heteroatoms. The van der Waals surface area contributed by atoms with Gasteiger partial charge in [0, 0.05) is 12.8 Å². The Hall–Kier alpha value is -0.770. The average molecular weight is 487 g/mol. The van der Waals surface area contributed by atoms with Gasteiger partial charge in [-0.3, -0.25) is 0 Å². The van der Waals surface area contributed by atoms with E-state index in [9.17, 15) is 9.90 Å². The number of esters is 1. The summed E-state index contributed by atoms with van der Waals surface area (Å²) in [5.41, 5.74) is -3.17. The number of carbonyl (C=O) groups is 1. The number of carbonyl (C=O) groups excluding carboxylic acids is 1. The summed E-state index contributed by atoms with van der Waals surface area (Å²) in [6.45, 7) is -3.13. The van der Waals surface area contributed by atoms with E-state index in [1.54, 1.807) is 0 Å². The number of hydrogen-bond donors (Lipinski definition) is 1. The molecule has 0 aromatic carbocycles. The van der Waals surface area contributed by atoms with E-state index in [-0.39, 0.29) is 17.0 Å². The second-order valence-corrected chi connectivity index (χ2v) is 7.85. The molecule has 4 unspecified atom stereocenters. The van der Waals surface area contributed by atoms with E-state index in [0.717, 1.165) is 7.05 Å². The molecule has 5 nitrogen and oxygen atoms in total. The molecule has 2 bridgehead atoms. The number of aliphatic hydroxyl groups is 1. The van der Waals surface area contributed by atoms with Crippen molar-refractivity contribution in [2.75, 3.05) is 14.0 Å². The minimum atomic E-state index is -3.17. The first-order valence-electron chi connectivity index (χ1n) is 14.6. The molecule has 0 amide bonds. The molecule has 0 spiro atoms. The number of ether oxygens (including phenoxy) is 2. The highest BCUT2D eigenvalue weighted by molar-refractivity contribution is 7.12. The number of nitrogens with zero attached hydrogens (tertiary/aromatic N) is 1. The number of halogens is 1. The van der Waals surface area contributed by atoms with Crippen LogP contribution in [-0.2, 0) is 19.9 Å². The van der Waals surface area contributed by atoms with Crippen LogP contribution in [0.3, 0.4) is 0 Å². The number of likely N-dealkylation sites (N-methyl/N-ethyl adjacent to an activating group) is 1. The van der Waals surface area contributed by atoms with Crippen molar-refractivity contribution in [3.05, 3.63) is 44.6 Å². The summed E-state index contributed by atoms with van der Waals surface area (Å²) in [4.78, 5) is 12.5. The van der Waals surface area contributed by atoms with Gasteiger partial charge in [0.1, 0.15) is 30.3 Å². The van der Waals surface area contributed by atoms with Crippen molar-refractivity contribution in [1.29, 1.82) is 0 Å². The van der Waals surface area contributed by atoms with Crippen LogP contribution in [0.4, 0.5) is 0 Å². The van der Waals surface area contributed by atoms with E-state index in [1.807, 2.05) is 0 Å². The molecule has 3 saturated heterocycles. The largest absolute Gasteiger partial charge is 1.00 e. The van der Waals surface area contributed by atoms with Gasteiger partial charge in [-0.2, -0.15) is 0 Å². The molecule has 3 aliphatic rings. The van der Waals surface area contributed by atoms with Crippen molar-refractivity contribution in [3.63, 3.8) is 0 Å². The topological polar surface area (TPSA) is 59.1 Å². The molecule has 1 N–H and O–H groups in total. The van der Waals surface area contributed by atoms with Gasteiger partial charge in [0.15, 0.2) is 0 Å². The standard InChI is InChI=1S/C19H22NO4S2.BrH/c1-20(2)12-9-11(10-13(20)17-16(12)24-17)23-18(21)19(22,14-5-3-7-25-14)15-6-4-8-26-15;/h3-8,11-13,16-17,22H,9-10H2,1-2H3;1H/q+1;/p-1/i1D3,3D,4D,5D,6D,7D,8D,11D,12D,13D,16D,17D;. The van der Waals surface area contributed by atoms with Crippen molar-refractivity contribution < 1.29 is 60.0 Å². The zero-order chi connectivity index (χ0) is 30.4. The van der Waals surface area contributed by atoms with Gasteiger partial charge in [0.2, 0.25) is 5.60 Å². The van der Waals surface area contributed by atoms with Gasteiger partial charge in [0.25, 0.3) is 0 Å². The molecular weight excluding hydrogens is 450 g/mol. The highest BCUT2D eigenvalue weighted by Gasteiger charge is 2.71. The molecule has 0 saturated carbocycles. The fraction of sp³-hybridized carbons (Fsp3) is 0.526. The van der Waals surface area contributed by atoms with Gasteiger partial charge in [-0.25, -0.2) is 4.79 Å². The number of thiophene rings is 2. The zero-order valence-electron chi connectivity index (χ0n) is 27.7. The van der Waals surface area contributed by atoms with E-state index in [0.29, 0.717) is 22.7 Å². The third-order valence-electron chi connectivity index (χ3n) is 4.65. The number of fused-ring (bicyclic) bond motifs is 5. The molecule has 2 aromatic heterocycles. The molecule has 3 aliphatic heterocycles. The van der Waals surface area contributed by atoms with Crippen LogP contribution >= 0.6 is 22.7 Å². The van der Waals surface area contributed by atoms with Crippen LogP contribution in [0, 0.1) is 0 Å². The quantitative estimate of drug-likeness (QED) is 0.355. The Morgan fingerprint density at radius 3 is 2.33 bits per heavy atom. The summed E-state index contributed by atoms with van der Waals surface area (Å²) in [7, 11) is 0.986. The van der Waals surface area contributed by atoms with Crippen molar-refractivity contribution in [2.24, 2.45) is 0 Å². The van der Waals surface area contributed by atoms with E-state index in [2.05, 4.69) is 0 Å². The Labute approximate surface area is 196 Å². The number of quaternary nitrogens is 1. The molecular formula is C19H22BrNO4S2. The summed E-state index contributed by atoms with van der Waals surface area (Å²) >= 11 is 0.652. The maximum absolute atomic E-state index is 13.8. The summed E-state index contributed by atoms with van der Waals surface area (Å²) in [6, 6.07) is -8.33. The average Bonchev–Trinajstić information content (AvgIpc) is 3.21. The fourth-order valence-electron chi connectivity index (χ4n) is 3.20. The summed E-state index contributed by atoms with van der Waals surface area (Å²) in [6.07, 6.45) is -9.95. The van der Waals surface area contributed by atoms with E-state index in [1.165, 1.54) is 0 Å². The molecule has 0 radical (unpaired) electrons. The second kappa shape index (κ2) is 6.64. The molecule has 5 rings (SSSR count). The van der Waals surface area contributed by atoms with Gasteiger partial charge in [-0.15, -0.1) is 22.7 Å². The van der Waals surface area contributed by atoms with Crippen LogP contribution in [-0.4, -0.2) is 59.9 Å². The summed E-state index contributed by atoms with van der Waals surface area (Å²) in [5.74, 6) is -1.75. The van der Waals surface area contributed by atoms with Gasteiger partial charge >= 0.3 is 5.97 Å². The first kappa shape index (κ1) is 8.93. The van der Waals surface area contributed by atoms with E-state index >= 15 is 0 Å². The lowest BCUT2D eigenvalue weighted by atomic mass is 9.95. The maximum atomic E-state index is 13.8. The smallest absolute Gasteiger partial charge is 0.349 e. The lowest BCUT2D eigenvalue weighted by Crippen LogP contribution is -3.00. The van der Waals surface area contributed by atoms with Gasteiger partial charge in [0.05, 0.1) is 43.0 Å². The molecule has 0 aliphatic carbocycles. The normalized spacial score (nSPS) is 58.1. The van der Waals surface area contributed by atoms with Crippen molar-refractivity contribution in [2.45, 2.75) is 48.7 Å². The Bertz CT molecular complexity index is 1400. The van der Waals surface area contributed by atoms with Crippen LogP contribution in [0.25, 0.3) is 0 Å². The number of piperidine rings is 1. The van der Waals surface area contributed by atoms with Crippen molar-refractivity contribution >= 4 is 28.6 Å². The van der Waals surface area contributed by atoms with Crippen LogP contribution in [0.1, 0.15) is 41.8 Å². The summed E-state index contributed by atoms with van der Waals surface area (Å²) in [5, 5.41) is 10.7. The Balaban J connectivity index is 0.00000387. The number of epoxide rings is 1. The highest BCUT2D eigenvalue weighted by atomic mass is 79.9. The summed E-state index contributed by atoms with van der Waals surface area (Å²) < 4.78 is 125. The van der Waals surface area contributed by atoms with Gasteiger partial charge < -0.3 is 36.0 Å². The third kappa shape index (κ3) is 2.84. The molecule has 5 heterocycles. The Kier molecular flexibility index (Phi) is 2.20. The van der Waals surface area contributed by atoms with Gasteiger partial charge in [-0.05, 0) is 22.8 Å². The third-order valence-corrected chi connectivity index (χ3v) is 6.26. The van der Waals surface area contributed by atoms with E-state index < -0.39 is 111 Å². The number of hydrogen-bond acceptors (Lipinski definition) is 6. The maximum Gasteiger partial charge on any atom is 0.349 e. The highest BCUT2D eigenvalue weighted by Crippen LogP contribution is 2.52. The SMILES string of the molecule is [2H]c1sc(C(O)(C(=O)OC2([2H])CC3([2H])C4([2H])OC4([2H])C([2H])(C2)[N+]3(C)C([2H])([2H])[2H])c2sc([2H])c([2H])c2[2H])c([2H])c1[2H].[Br-]. The predicted octanol–water partition coefficient (Wildman–Crippen LogP) is -0.650. The molecule has 146 valence electrons. The number of rotatable bonds is 4. The fourth-order valence-corrected chi connectivity index (χ4v) is 4.54. The predicted molar refractivity (Wildman–Crippen MR) is 99.1 cm³/mol. The molecule has 27 heavy (non-hydrogen) atoms. The lowest BCUT2D eigenvalue weighted by molar-refractivity contribution is -0.938. The Morgan fingerprint density at radius 2 is 1.89 bits per heavy atom. The Morgan fingerprint density at radius 1 is 1.33 bits per heavy atom. The molecule has 2 aromatic rings. The lowest BCUT2D eigenvalue weighted by Gasteiger charge is -2.45. The van der Waals surface area contributed by atoms with Crippen LogP contribution < -0.4 is 17.0 Å². The van der Waals surface area contributed by atoms with Crippen LogP contribution in [0.15, 0.2) is 34.9 Å². The van der Waals surface area contributed by atoms with Crippen LogP contribution in [0.2, 0.25) is 0 Å². The van der Waals surface area contributed by atoms with Crippen molar-refractivity contribution in [1.82, 2.24) is 0 Å². The van der Waals surface area contributed by atoms with E-state index in [4.69, 9.17) is 28.7 Å². The molecule has 3 fully saturated rings. The molecule has 4 atom stereocenters. The van der Waals surface area contributed by atoms with Gasteiger partial charge in [-0.1, -0.05) is 12.1 Å². The minimum absolute atomic E-state index is 0. The van der Waals surface area contributed by atoms with Crippen LogP contribution in [0.5, 0.6) is 0 Å².